The van der Waals surface area contributed by atoms with Gasteiger partial charge >= 0.3 is 12.1 Å². The number of aliphatic carboxylic acids is 1. The zero-order chi connectivity index (χ0) is 21.0. The van der Waals surface area contributed by atoms with E-state index in [-0.39, 0.29) is 12.5 Å². The number of nitrogens with zero attached hydrogens (tertiary/aromatic N) is 1. The lowest BCUT2D eigenvalue weighted by Crippen LogP contribution is -2.53. The Bertz CT molecular complexity index is 899. The Hall–Kier alpha value is -3.35. The summed E-state index contributed by atoms with van der Waals surface area (Å²) < 4.78 is 5.20. The van der Waals surface area contributed by atoms with Crippen molar-refractivity contribution in [3.8, 4) is 0 Å². The Kier molecular flexibility index (Phi) is 6.16. The summed E-state index contributed by atoms with van der Waals surface area (Å²) in [6.07, 6.45) is -0.417. The van der Waals surface area contributed by atoms with E-state index >= 15 is 0 Å². The van der Waals surface area contributed by atoms with Crippen molar-refractivity contribution in [2.75, 3.05) is 4.90 Å². The number of carboxylic acids is 1. The maximum atomic E-state index is 13.2. The Morgan fingerprint density at radius 2 is 1.76 bits per heavy atom. The summed E-state index contributed by atoms with van der Waals surface area (Å²) in [5.41, 5.74) is 2.19. The molecule has 2 N–H and O–H groups in total. The zero-order valence-corrected chi connectivity index (χ0v) is 16.4. The van der Waals surface area contributed by atoms with Crippen molar-refractivity contribution in [2.24, 2.45) is 0 Å². The topological polar surface area (TPSA) is 95.9 Å². The van der Waals surface area contributed by atoms with Crippen molar-refractivity contribution in [1.29, 1.82) is 0 Å². The van der Waals surface area contributed by atoms with E-state index < -0.39 is 30.1 Å². The van der Waals surface area contributed by atoms with Gasteiger partial charge in [-0.25, -0.2) is 9.59 Å². The highest BCUT2D eigenvalue weighted by molar-refractivity contribution is 6.05. The lowest BCUT2D eigenvalue weighted by Gasteiger charge is -2.28. The lowest BCUT2D eigenvalue weighted by molar-refractivity contribution is -0.140. The molecular formula is C22H24N2O5. The number of carbonyl (C=O) groups is 3. The molecule has 0 spiro atoms. The number of amides is 2. The van der Waals surface area contributed by atoms with Crippen molar-refractivity contribution in [3.63, 3.8) is 0 Å². The van der Waals surface area contributed by atoms with E-state index in [0.717, 1.165) is 11.1 Å². The van der Waals surface area contributed by atoms with E-state index in [4.69, 9.17) is 4.74 Å². The standard InChI is InChI=1S/C22H24N2O5/c1-3-17(23-22(28)29-13-15-9-5-4-6-10-15)20(25)24-18-12-8-7-11-16(18)14(2)19(24)21(26)27/h4-12,14,17,19H,3,13H2,1-2H3,(H,23,28)(H,26,27)/t14-,17+,19-/m1/s1. The summed E-state index contributed by atoms with van der Waals surface area (Å²) in [7, 11) is 0. The molecule has 0 aliphatic carbocycles. The summed E-state index contributed by atoms with van der Waals surface area (Å²) in [6, 6.07) is 14.4. The molecule has 0 fully saturated rings. The van der Waals surface area contributed by atoms with E-state index in [0.29, 0.717) is 12.1 Å². The van der Waals surface area contributed by atoms with Gasteiger partial charge < -0.3 is 15.2 Å². The predicted molar refractivity (Wildman–Crippen MR) is 108 cm³/mol. The number of benzene rings is 2. The van der Waals surface area contributed by atoms with E-state index in [2.05, 4.69) is 5.32 Å². The Balaban J connectivity index is 1.74. The van der Waals surface area contributed by atoms with Gasteiger partial charge in [-0.3, -0.25) is 9.69 Å². The first-order chi connectivity index (χ1) is 13.9. The Labute approximate surface area is 169 Å². The van der Waals surface area contributed by atoms with Crippen LogP contribution in [0, 0.1) is 0 Å². The van der Waals surface area contributed by atoms with Gasteiger partial charge in [-0.05, 0) is 23.6 Å². The number of hydrogen-bond donors (Lipinski definition) is 2. The third-order valence-corrected chi connectivity index (χ3v) is 5.14. The Morgan fingerprint density at radius 1 is 1.10 bits per heavy atom. The van der Waals surface area contributed by atoms with Crippen LogP contribution in [0.4, 0.5) is 10.5 Å². The fourth-order valence-corrected chi connectivity index (χ4v) is 3.63. The highest BCUT2D eigenvalue weighted by atomic mass is 16.5. The molecule has 1 aliphatic heterocycles. The molecule has 152 valence electrons. The lowest BCUT2D eigenvalue weighted by atomic mass is 9.97. The normalized spacial score (nSPS) is 18.6. The summed E-state index contributed by atoms with van der Waals surface area (Å²) in [5, 5.41) is 12.3. The quantitative estimate of drug-likeness (QED) is 0.781. The van der Waals surface area contributed by atoms with Gasteiger partial charge in [0.1, 0.15) is 18.7 Å². The molecule has 3 rings (SSSR count). The first-order valence-corrected chi connectivity index (χ1v) is 9.56. The number of anilines is 1. The van der Waals surface area contributed by atoms with Gasteiger partial charge in [0.2, 0.25) is 0 Å². The second-order valence-corrected chi connectivity index (χ2v) is 7.01. The number of carbonyl (C=O) groups excluding carboxylic acids is 2. The SMILES string of the molecule is CC[C@H](NC(=O)OCc1ccccc1)C(=O)N1c2ccccc2[C@@H](C)[C@@H]1C(=O)O. The molecule has 0 aromatic heterocycles. The second-order valence-electron chi connectivity index (χ2n) is 7.01. The summed E-state index contributed by atoms with van der Waals surface area (Å²) in [4.78, 5) is 38.6. The molecule has 1 heterocycles. The molecule has 0 saturated heterocycles. The molecule has 3 atom stereocenters. The fourth-order valence-electron chi connectivity index (χ4n) is 3.63. The number of ether oxygens (including phenoxy) is 1. The number of nitrogens with one attached hydrogen (secondary N) is 1. The van der Waals surface area contributed by atoms with Gasteiger partial charge in [0, 0.05) is 11.6 Å². The number of carboxylic acid groups (broad SMARTS) is 1. The van der Waals surface area contributed by atoms with Crippen LogP contribution in [0.15, 0.2) is 54.6 Å². The van der Waals surface area contributed by atoms with Crippen molar-refractivity contribution < 1.29 is 24.2 Å². The zero-order valence-electron chi connectivity index (χ0n) is 16.4. The van der Waals surface area contributed by atoms with Crippen LogP contribution < -0.4 is 10.2 Å². The van der Waals surface area contributed by atoms with Gasteiger partial charge in [0.25, 0.3) is 5.91 Å². The molecule has 2 aromatic carbocycles. The summed E-state index contributed by atoms with van der Waals surface area (Å²) >= 11 is 0. The molecule has 29 heavy (non-hydrogen) atoms. The molecule has 0 saturated carbocycles. The third kappa shape index (κ3) is 4.23. The van der Waals surface area contributed by atoms with Crippen LogP contribution in [0.5, 0.6) is 0 Å². The summed E-state index contributed by atoms with van der Waals surface area (Å²) in [6.45, 7) is 3.62. The minimum atomic E-state index is -1.08. The average molecular weight is 396 g/mol. The number of hydrogen-bond acceptors (Lipinski definition) is 4. The van der Waals surface area contributed by atoms with Gasteiger partial charge in [0.05, 0.1) is 0 Å². The Morgan fingerprint density at radius 3 is 2.41 bits per heavy atom. The van der Waals surface area contributed by atoms with Crippen molar-refractivity contribution >= 4 is 23.7 Å². The predicted octanol–water partition coefficient (Wildman–Crippen LogP) is 3.29. The van der Waals surface area contributed by atoms with E-state index in [1.165, 1.54) is 4.90 Å². The van der Waals surface area contributed by atoms with Gasteiger partial charge in [0.15, 0.2) is 0 Å². The van der Waals surface area contributed by atoms with Crippen molar-refractivity contribution in [2.45, 2.75) is 44.9 Å². The maximum Gasteiger partial charge on any atom is 0.408 e. The molecule has 0 bridgehead atoms. The molecule has 1 aliphatic rings. The van der Waals surface area contributed by atoms with Gasteiger partial charge in [-0.15, -0.1) is 0 Å². The molecule has 0 radical (unpaired) electrons. The minimum absolute atomic E-state index is 0.0820. The van der Waals surface area contributed by atoms with Crippen LogP contribution in [-0.4, -0.2) is 35.2 Å². The number of fused-ring (bicyclic) bond motifs is 1. The summed E-state index contributed by atoms with van der Waals surface area (Å²) in [5.74, 6) is -1.90. The first-order valence-electron chi connectivity index (χ1n) is 9.56. The minimum Gasteiger partial charge on any atom is -0.480 e. The molecule has 7 nitrogen and oxygen atoms in total. The average Bonchev–Trinajstić information content (AvgIpc) is 3.03. The van der Waals surface area contributed by atoms with E-state index in [1.54, 1.807) is 26.0 Å². The fraction of sp³-hybridized carbons (Fsp3) is 0.318. The van der Waals surface area contributed by atoms with Crippen LogP contribution in [-0.2, 0) is 20.9 Å². The van der Waals surface area contributed by atoms with Crippen LogP contribution in [0.3, 0.4) is 0 Å². The smallest absolute Gasteiger partial charge is 0.408 e. The molecule has 0 unspecified atom stereocenters. The van der Waals surface area contributed by atoms with Gasteiger partial charge in [-0.2, -0.15) is 0 Å². The van der Waals surface area contributed by atoms with Crippen molar-refractivity contribution in [3.05, 3.63) is 65.7 Å². The third-order valence-electron chi connectivity index (χ3n) is 5.14. The van der Waals surface area contributed by atoms with Crippen LogP contribution in [0.1, 0.15) is 37.3 Å². The first kappa shape index (κ1) is 20.4. The van der Waals surface area contributed by atoms with Crippen LogP contribution in [0.2, 0.25) is 0 Å². The molecular weight excluding hydrogens is 372 g/mol. The number of alkyl carbamates (subject to hydrolysis) is 1. The number of para-hydroxylation sites is 1. The highest BCUT2D eigenvalue weighted by Gasteiger charge is 2.45. The van der Waals surface area contributed by atoms with E-state index in [9.17, 15) is 19.5 Å². The monoisotopic (exact) mass is 396 g/mol. The second kappa shape index (κ2) is 8.77. The van der Waals surface area contributed by atoms with Crippen LogP contribution in [0.25, 0.3) is 0 Å². The molecule has 2 aromatic rings. The maximum absolute atomic E-state index is 13.2. The van der Waals surface area contributed by atoms with E-state index in [1.807, 2.05) is 42.5 Å². The largest absolute Gasteiger partial charge is 0.480 e. The molecule has 7 heteroatoms. The van der Waals surface area contributed by atoms with Gasteiger partial charge in [-0.1, -0.05) is 62.4 Å². The molecule has 2 amide bonds. The number of rotatable bonds is 6. The highest BCUT2D eigenvalue weighted by Crippen LogP contribution is 2.41. The van der Waals surface area contributed by atoms with Crippen LogP contribution >= 0.6 is 0 Å². The van der Waals surface area contributed by atoms with Crippen molar-refractivity contribution in [1.82, 2.24) is 5.32 Å².